The molecule has 0 heterocycles. The molecule has 0 bridgehead atoms. The molecule has 0 atom stereocenters. The van der Waals surface area contributed by atoms with E-state index >= 15 is 0 Å². The van der Waals surface area contributed by atoms with Crippen molar-refractivity contribution in [3.8, 4) is 0 Å². The molecule has 0 aliphatic rings. The molecule has 0 aliphatic heterocycles. The summed E-state index contributed by atoms with van der Waals surface area (Å²) in [5.74, 6) is 0. The van der Waals surface area contributed by atoms with Crippen LogP contribution in [0.15, 0.2) is 12.1 Å². The molecule has 0 fully saturated rings. The third-order valence-corrected chi connectivity index (χ3v) is 1.71. The second-order valence-corrected chi connectivity index (χ2v) is 2.58. The number of halogens is 1. The second kappa shape index (κ2) is 3.19. The van der Waals surface area contributed by atoms with Crippen molar-refractivity contribution in [1.82, 2.24) is 0 Å². The first kappa shape index (κ1) is 9.13. The lowest BCUT2D eigenvalue weighted by atomic mass is 9.87. The lowest BCUT2D eigenvalue weighted by Gasteiger charge is -2.01. The van der Waals surface area contributed by atoms with Gasteiger partial charge in [0.05, 0.1) is 4.92 Å². The highest BCUT2D eigenvalue weighted by atomic mass is 35.5. The van der Waals surface area contributed by atoms with Gasteiger partial charge in [-0.05, 0) is 0 Å². The van der Waals surface area contributed by atoms with Crippen LogP contribution in [0.4, 0.5) is 5.69 Å². The summed E-state index contributed by atoms with van der Waals surface area (Å²) in [6.45, 7) is 0. The third-order valence-electron chi connectivity index (χ3n) is 1.30. The number of nitro groups is 1. The maximum atomic E-state index is 10.3. The molecule has 6 heteroatoms. The van der Waals surface area contributed by atoms with Crippen molar-refractivity contribution < 1.29 is 4.92 Å². The van der Waals surface area contributed by atoms with E-state index in [2.05, 4.69) is 0 Å². The van der Waals surface area contributed by atoms with Crippen LogP contribution in [-0.2, 0) is 0 Å². The predicted octanol–water partition coefficient (Wildman–Crippen LogP) is -0.164. The Kier molecular flexibility index (Phi) is 2.43. The molecular weight excluding hydrogens is 175 g/mol. The molecule has 0 saturated heterocycles. The monoisotopic (exact) mass is 177 g/mol. The average molecular weight is 177 g/mol. The molecule has 0 amide bonds. The lowest BCUT2D eigenvalue weighted by molar-refractivity contribution is -0.384. The SMILES string of the molecule is [B]c1cc([B])c(Cl)c([N+](=O)[O-])c1. The van der Waals surface area contributed by atoms with Crippen molar-refractivity contribution >= 4 is 43.9 Å². The third kappa shape index (κ3) is 1.61. The van der Waals surface area contributed by atoms with E-state index in [0.29, 0.717) is 0 Å². The maximum absolute atomic E-state index is 10.3. The number of rotatable bonds is 1. The molecule has 0 unspecified atom stereocenters. The van der Waals surface area contributed by atoms with Crippen LogP contribution >= 0.6 is 11.6 Å². The van der Waals surface area contributed by atoms with Crippen molar-refractivity contribution in [2.45, 2.75) is 0 Å². The highest BCUT2D eigenvalue weighted by Crippen LogP contribution is 2.19. The van der Waals surface area contributed by atoms with Crippen LogP contribution in [0.2, 0.25) is 5.02 Å². The lowest BCUT2D eigenvalue weighted by Crippen LogP contribution is -2.16. The number of benzene rings is 1. The number of hydrogen-bond acceptors (Lipinski definition) is 2. The predicted molar refractivity (Wildman–Crippen MR) is 48.9 cm³/mol. The summed E-state index contributed by atoms with van der Waals surface area (Å²) in [5, 5.41) is 10.3. The Labute approximate surface area is 76.7 Å². The van der Waals surface area contributed by atoms with E-state index in [1.165, 1.54) is 12.1 Å². The fraction of sp³-hybridized carbons (Fsp3) is 0. The Bertz CT molecular complexity index is 343. The zero-order valence-corrected chi connectivity index (χ0v) is 6.71. The first-order chi connectivity index (χ1) is 5.52. The van der Waals surface area contributed by atoms with Gasteiger partial charge in [-0.3, -0.25) is 10.1 Å². The van der Waals surface area contributed by atoms with Gasteiger partial charge in [0.25, 0.3) is 5.69 Å². The highest BCUT2D eigenvalue weighted by molar-refractivity contribution is 6.48. The largest absolute Gasteiger partial charge is 0.286 e. The maximum Gasteiger partial charge on any atom is 0.286 e. The Morgan fingerprint density at radius 1 is 1.42 bits per heavy atom. The van der Waals surface area contributed by atoms with E-state index in [9.17, 15) is 10.1 Å². The van der Waals surface area contributed by atoms with Crippen LogP contribution < -0.4 is 10.9 Å². The summed E-state index contributed by atoms with van der Waals surface area (Å²) in [6, 6.07) is 2.54. The van der Waals surface area contributed by atoms with Crippen molar-refractivity contribution in [3.05, 3.63) is 27.3 Å². The van der Waals surface area contributed by atoms with Gasteiger partial charge in [-0.1, -0.05) is 28.6 Å². The van der Waals surface area contributed by atoms with Gasteiger partial charge in [0.15, 0.2) is 0 Å². The van der Waals surface area contributed by atoms with Gasteiger partial charge < -0.3 is 0 Å². The Hall–Kier alpha value is -0.960. The van der Waals surface area contributed by atoms with Gasteiger partial charge in [0.2, 0.25) is 0 Å². The van der Waals surface area contributed by atoms with Crippen LogP contribution in [0.3, 0.4) is 0 Å². The van der Waals surface area contributed by atoms with Gasteiger partial charge >= 0.3 is 0 Å². The van der Waals surface area contributed by atoms with E-state index in [-0.39, 0.29) is 21.6 Å². The van der Waals surface area contributed by atoms with E-state index < -0.39 is 4.92 Å². The molecule has 0 aromatic heterocycles. The van der Waals surface area contributed by atoms with Crippen LogP contribution in [0.5, 0.6) is 0 Å². The fourth-order valence-corrected chi connectivity index (χ4v) is 0.965. The standard InChI is InChI=1S/C6H2B2ClNO2/c7-3-1-4(8)6(9)5(2-3)10(11)12/h1-2H. The summed E-state index contributed by atoms with van der Waals surface area (Å²) in [7, 11) is 10.7. The van der Waals surface area contributed by atoms with E-state index in [4.69, 9.17) is 27.3 Å². The minimum Gasteiger partial charge on any atom is -0.258 e. The number of nitrogens with zero attached hydrogens (tertiary/aromatic N) is 1. The van der Waals surface area contributed by atoms with Gasteiger partial charge in [-0.15, -0.1) is 0 Å². The highest BCUT2D eigenvalue weighted by Gasteiger charge is 2.13. The Morgan fingerprint density at radius 3 is 2.50 bits per heavy atom. The number of nitro benzene ring substituents is 1. The first-order valence-corrected chi connectivity index (χ1v) is 3.39. The van der Waals surface area contributed by atoms with E-state index in [0.717, 1.165) is 0 Å². The first-order valence-electron chi connectivity index (χ1n) is 3.01. The Morgan fingerprint density at radius 2 is 2.00 bits per heavy atom. The average Bonchev–Trinajstić information content (AvgIpc) is 1.96. The van der Waals surface area contributed by atoms with Crippen LogP contribution in [0.1, 0.15) is 0 Å². The van der Waals surface area contributed by atoms with Gasteiger partial charge in [-0.2, -0.15) is 0 Å². The molecule has 4 radical (unpaired) electrons. The molecule has 1 aromatic rings. The topological polar surface area (TPSA) is 43.1 Å². The zero-order chi connectivity index (χ0) is 9.30. The van der Waals surface area contributed by atoms with Crippen LogP contribution in [-0.4, -0.2) is 20.6 Å². The van der Waals surface area contributed by atoms with Gasteiger partial charge in [0, 0.05) is 6.07 Å². The molecular formula is C6H2B2ClNO2. The van der Waals surface area contributed by atoms with Crippen LogP contribution in [0, 0.1) is 10.1 Å². The molecule has 0 aliphatic carbocycles. The molecule has 3 nitrogen and oxygen atoms in total. The van der Waals surface area contributed by atoms with Gasteiger partial charge in [0.1, 0.15) is 20.7 Å². The van der Waals surface area contributed by atoms with E-state index in [1.54, 1.807) is 0 Å². The van der Waals surface area contributed by atoms with Crippen LogP contribution in [0.25, 0.3) is 0 Å². The molecule has 56 valence electrons. The Balaban J connectivity index is 3.37. The molecule has 0 saturated carbocycles. The number of hydrogen-bond donors (Lipinski definition) is 0. The minimum atomic E-state index is -0.630. The summed E-state index contributed by atoms with van der Waals surface area (Å²) in [6.07, 6.45) is 0. The van der Waals surface area contributed by atoms with Gasteiger partial charge in [-0.25, -0.2) is 0 Å². The molecule has 12 heavy (non-hydrogen) atoms. The smallest absolute Gasteiger partial charge is 0.258 e. The van der Waals surface area contributed by atoms with Crippen molar-refractivity contribution in [2.75, 3.05) is 0 Å². The molecule has 1 aromatic carbocycles. The summed E-state index contributed by atoms with van der Waals surface area (Å²) >= 11 is 5.54. The quantitative estimate of drug-likeness (QED) is 0.340. The molecule has 0 N–H and O–H groups in total. The molecule has 1 rings (SSSR count). The zero-order valence-electron chi connectivity index (χ0n) is 5.95. The normalized spacial score (nSPS) is 9.75. The van der Waals surface area contributed by atoms with Crippen molar-refractivity contribution in [2.24, 2.45) is 0 Å². The molecule has 0 spiro atoms. The van der Waals surface area contributed by atoms with Crippen molar-refractivity contribution in [1.29, 1.82) is 0 Å². The minimum absolute atomic E-state index is 0.0748. The van der Waals surface area contributed by atoms with Crippen molar-refractivity contribution in [3.63, 3.8) is 0 Å². The van der Waals surface area contributed by atoms with E-state index in [1.807, 2.05) is 0 Å². The summed E-state index contributed by atoms with van der Waals surface area (Å²) in [5.41, 5.74) is 0.0705. The summed E-state index contributed by atoms with van der Waals surface area (Å²) in [4.78, 5) is 9.71. The fourth-order valence-electron chi connectivity index (χ4n) is 0.787. The second-order valence-electron chi connectivity index (χ2n) is 2.20. The summed E-state index contributed by atoms with van der Waals surface area (Å²) < 4.78 is 0.